The summed E-state index contributed by atoms with van der Waals surface area (Å²) in [5.41, 5.74) is 1.35. The van der Waals surface area contributed by atoms with Crippen LogP contribution in [0.1, 0.15) is 37.7 Å². The number of carbonyl (C=O) groups excluding carboxylic acids is 2. The number of carbonyl (C=O) groups is 2. The highest BCUT2D eigenvalue weighted by Gasteiger charge is 2.23. The van der Waals surface area contributed by atoms with Crippen LogP contribution in [0.4, 0.5) is 4.79 Å². The first-order valence-corrected chi connectivity index (χ1v) is 9.80. The third-order valence-corrected chi connectivity index (χ3v) is 5.28. The van der Waals surface area contributed by atoms with Crippen molar-refractivity contribution in [1.29, 1.82) is 0 Å². The molecule has 1 aromatic carbocycles. The number of amides is 3. The highest BCUT2D eigenvalue weighted by molar-refractivity contribution is 5.84. The molecule has 3 rings (SSSR count). The molecule has 0 radical (unpaired) electrons. The van der Waals surface area contributed by atoms with Gasteiger partial charge in [0.05, 0.1) is 0 Å². The molecule has 6 heteroatoms. The van der Waals surface area contributed by atoms with Gasteiger partial charge in [-0.05, 0) is 37.8 Å². The maximum absolute atomic E-state index is 12.3. The molecule has 1 atom stereocenters. The van der Waals surface area contributed by atoms with Gasteiger partial charge in [-0.3, -0.25) is 9.69 Å². The molecule has 0 spiro atoms. The van der Waals surface area contributed by atoms with Crippen molar-refractivity contribution in [2.24, 2.45) is 0 Å². The smallest absolute Gasteiger partial charge is 0.317 e. The van der Waals surface area contributed by atoms with Gasteiger partial charge in [0, 0.05) is 32.2 Å². The number of hydrogen-bond acceptors (Lipinski definition) is 3. The molecule has 2 N–H and O–H groups in total. The van der Waals surface area contributed by atoms with Crippen LogP contribution in [0.3, 0.4) is 0 Å². The van der Waals surface area contributed by atoms with Crippen LogP contribution < -0.4 is 10.6 Å². The summed E-state index contributed by atoms with van der Waals surface area (Å²) in [5, 5.41) is 5.81. The number of rotatable bonds is 5. The molecule has 2 aliphatic heterocycles. The Bertz CT molecular complexity index is 593. The Hall–Kier alpha value is -2.08. The van der Waals surface area contributed by atoms with E-state index in [1.165, 1.54) is 24.8 Å². The first-order chi connectivity index (χ1) is 12.7. The zero-order valence-electron chi connectivity index (χ0n) is 15.5. The fraction of sp³-hybridized carbons (Fsp3) is 0.600. The van der Waals surface area contributed by atoms with Crippen LogP contribution in [-0.4, -0.2) is 60.5 Å². The van der Waals surface area contributed by atoms with Gasteiger partial charge in [-0.1, -0.05) is 36.8 Å². The minimum Gasteiger partial charge on any atom is -0.354 e. The molecule has 26 heavy (non-hydrogen) atoms. The van der Waals surface area contributed by atoms with E-state index in [2.05, 4.69) is 45.9 Å². The van der Waals surface area contributed by atoms with Gasteiger partial charge < -0.3 is 15.5 Å². The lowest BCUT2D eigenvalue weighted by atomic mass is 9.98. The molecule has 142 valence electrons. The second-order valence-electron chi connectivity index (χ2n) is 7.25. The first kappa shape index (κ1) is 18.7. The lowest BCUT2D eigenvalue weighted by Gasteiger charge is -2.36. The summed E-state index contributed by atoms with van der Waals surface area (Å²) >= 11 is 0. The molecular weight excluding hydrogens is 328 g/mol. The molecule has 2 heterocycles. The predicted molar refractivity (Wildman–Crippen MR) is 102 cm³/mol. The molecule has 2 fully saturated rings. The van der Waals surface area contributed by atoms with Crippen LogP contribution in [0.25, 0.3) is 0 Å². The summed E-state index contributed by atoms with van der Waals surface area (Å²) in [7, 11) is 0. The van der Waals surface area contributed by atoms with Crippen LogP contribution in [0.2, 0.25) is 0 Å². The van der Waals surface area contributed by atoms with Crippen LogP contribution >= 0.6 is 0 Å². The Labute approximate surface area is 155 Å². The molecule has 1 aromatic rings. The first-order valence-electron chi connectivity index (χ1n) is 9.80. The predicted octanol–water partition coefficient (Wildman–Crippen LogP) is 1.96. The normalized spacial score (nSPS) is 21.8. The van der Waals surface area contributed by atoms with E-state index < -0.39 is 0 Å². The summed E-state index contributed by atoms with van der Waals surface area (Å²) in [6.07, 6.45) is 5.47. The number of nitrogens with zero attached hydrogens (tertiary/aromatic N) is 2. The Morgan fingerprint density at radius 2 is 2.00 bits per heavy atom. The lowest BCUT2D eigenvalue weighted by Crippen LogP contribution is -2.45. The van der Waals surface area contributed by atoms with Gasteiger partial charge in [-0.2, -0.15) is 0 Å². The maximum atomic E-state index is 12.3. The summed E-state index contributed by atoms with van der Waals surface area (Å²) < 4.78 is 0. The van der Waals surface area contributed by atoms with Crippen molar-refractivity contribution in [2.75, 3.05) is 32.7 Å². The van der Waals surface area contributed by atoms with Gasteiger partial charge in [0.25, 0.3) is 0 Å². The Balaban J connectivity index is 1.46. The van der Waals surface area contributed by atoms with Gasteiger partial charge in [-0.25, -0.2) is 4.79 Å². The van der Waals surface area contributed by atoms with E-state index in [-0.39, 0.29) is 18.5 Å². The molecule has 6 nitrogen and oxygen atoms in total. The van der Waals surface area contributed by atoms with Crippen molar-refractivity contribution < 1.29 is 9.59 Å². The summed E-state index contributed by atoms with van der Waals surface area (Å²) in [4.78, 5) is 28.1. The summed E-state index contributed by atoms with van der Waals surface area (Å²) in [6, 6.07) is 11.0. The third-order valence-electron chi connectivity index (χ3n) is 5.28. The summed E-state index contributed by atoms with van der Waals surface area (Å²) in [5.74, 6) is -0.0704. The Morgan fingerprint density at radius 1 is 1.15 bits per heavy atom. The quantitative estimate of drug-likeness (QED) is 0.846. The maximum Gasteiger partial charge on any atom is 0.317 e. The molecular formula is C20H30N4O2. The largest absolute Gasteiger partial charge is 0.354 e. The highest BCUT2D eigenvalue weighted by atomic mass is 16.2. The van der Waals surface area contributed by atoms with E-state index in [1.807, 2.05) is 0 Å². The Kier molecular flexibility index (Phi) is 6.89. The molecule has 3 amide bonds. The number of urea groups is 1. The van der Waals surface area contributed by atoms with E-state index in [0.29, 0.717) is 25.7 Å². The topological polar surface area (TPSA) is 64.7 Å². The number of nitrogens with one attached hydrogen (secondary N) is 2. The van der Waals surface area contributed by atoms with E-state index in [1.54, 1.807) is 4.90 Å². The molecule has 2 saturated heterocycles. The molecule has 0 aromatic heterocycles. The van der Waals surface area contributed by atoms with Gasteiger partial charge in [-0.15, -0.1) is 0 Å². The fourth-order valence-corrected chi connectivity index (χ4v) is 3.85. The monoisotopic (exact) mass is 358 g/mol. The zero-order chi connectivity index (χ0) is 18.2. The molecule has 0 bridgehead atoms. The van der Waals surface area contributed by atoms with Crippen LogP contribution in [0.5, 0.6) is 0 Å². The second kappa shape index (κ2) is 9.57. The van der Waals surface area contributed by atoms with Crippen LogP contribution in [0, 0.1) is 0 Å². The SMILES string of the molecule is O=C1CN(C(=O)NCC[C@H]2CCCCN2Cc2ccccc2)CCCN1. The van der Waals surface area contributed by atoms with E-state index >= 15 is 0 Å². The van der Waals surface area contributed by atoms with Crippen LogP contribution in [0.15, 0.2) is 30.3 Å². The molecule has 2 aliphatic rings. The van der Waals surface area contributed by atoms with Crippen molar-refractivity contribution in [3.8, 4) is 0 Å². The highest BCUT2D eigenvalue weighted by Crippen LogP contribution is 2.21. The van der Waals surface area contributed by atoms with Crippen molar-refractivity contribution in [3.63, 3.8) is 0 Å². The average Bonchev–Trinajstić information content (AvgIpc) is 2.88. The minimum atomic E-state index is -0.118. The van der Waals surface area contributed by atoms with Crippen molar-refractivity contribution in [2.45, 2.75) is 44.7 Å². The minimum absolute atomic E-state index is 0.0704. The van der Waals surface area contributed by atoms with Gasteiger partial charge in [0.15, 0.2) is 0 Å². The number of piperidine rings is 1. The fourth-order valence-electron chi connectivity index (χ4n) is 3.85. The lowest BCUT2D eigenvalue weighted by molar-refractivity contribution is -0.121. The third kappa shape index (κ3) is 5.46. The van der Waals surface area contributed by atoms with Gasteiger partial charge in [0.1, 0.15) is 6.54 Å². The van der Waals surface area contributed by atoms with Crippen LogP contribution in [-0.2, 0) is 11.3 Å². The van der Waals surface area contributed by atoms with E-state index in [9.17, 15) is 9.59 Å². The van der Waals surface area contributed by atoms with E-state index in [0.717, 1.165) is 25.9 Å². The second-order valence-corrected chi connectivity index (χ2v) is 7.25. The van der Waals surface area contributed by atoms with E-state index in [4.69, 9.17) is 0 Å². The standard InChI is InChI=1S/C20H30N4O2/c25-19-16-24(14-6-11-21-19)20(26)22-12-10-18-9-4-5-13-23(18)15-17-7-2-1-3-8-17/h1-3,7-8,18H,4-6,9-16H2,(H,21,25)(H,22,26)/t18-/m1/s1. The molecule has 0 saturated carbocycles. The molecule has 0 aliphatic carbocycles. The summed E-state index contributed by atoms with van der Waals surface area (Å²) in [6.45, 7) is 4.21. The Morgan fingerprint density at radius 3 is 2.85 bits per heavy atom. The molecule has 0 unspecified atom stereocenters. The number of hydrogen-bond donors (Lipinski definition) is 2. The van der Waals surface area contributed by atoms with Gasteiger partial charge >= 0.3 is 6.03 Å². The zero-order valence-corrected chi connectivity index (χ0v) is 15.5. The van der Waals surface area contributed by atoms with Crippen molar-refractivity contribution >= 4 is 11.9 Å². The van der Waals surface area contributed by atoms with Crippen molar-refractivity contribution in [3.05, 3.63) is 35.9 Å². The number of likely N-dealkylation sites (tertiary alicyclic amines) is 1. The van der Waals surface area contributed by atoms with Gasteiger partial charge in [0.2, 0.25) is 5.91 Å². The average molecular weight is 358 g/mol. The number of benzene rings is 1. The van der Waals surface area contributed by atoms with Crippen molar-refractivity contribution in [1.82, 2.24) is 20.4 Å².